The molecule has 112 valence electrons. The molecule has 0 saturated heterocycles. The van der Waals surface area contributed by atoms with Crippen molar-refractivity contribution in [1.82, 2.24) is 5.32 Å². The van der Waals surface area contributed by atoms with E-state index in [0.717, 1.165) is 38.5 Å². The van der Waals surface area contributed by atoms with Crippen molar-refractivity contribution in [3.63, 3.8) is 0 Å². The van der Waals surface area contributed by atoms with E-state index in [1.165, 1.54) is 32.1 Å². The number of rotatable bonds is 10. The first-order valence-electron chi connectivity index (χ1n) is 8.15. The lowest BCUT2D eigenvalue weighted by molar-refractivity contribution is -0.122. The number of nitrogens with one attached hydrogen (secondary N) is 1. The van der Waals surface area contributed by atoms with Crippen LogP contribution in [0.15, 0.2) is 0 Å². The van der Waals surface area contributed by atoms with Gasteiger partial charge in [-0.15, -0.1) is 0 Å². The van der Waals surface area contributed by atoms with Crippen LogP contribution in [-0.4, -0.2) is 23.2 Å². The molecular formula is C16H31NO2. The molecule has 0 aromatic carbocycles. The Balaban J connectivity index is 1.93. The van der Waals surface area contributed by atoms with Crippen LogP contribution >= 0.6 is 0 Å². The van der Waals surface area contributed by atoms with Gasteiger partial charge in [-0.1, -0.05) is 58.3 Å². The molecule has 19 heavy (non-hydrogen) atoms. The highest BCUT2D eigenvalue weighted by molar-refractivity contribution is 5.75. The molecule has 0 unspecified atom stereocenters. The predicted molar refractivity (Wildman–Crippen MR) is 79.0 cm³/mol. The van der Waals surface area contributed by atoms with Gasteiger partial charge in [0, 0.05) is 13.0 Å². The average Bonchev–Trinajstić information content (AvgIpc) is 2.83. The van der Waals surface area contributed by atoms with Gasteiger partial charge in [-0.05, 0) is 19.3 Å². The molecule has 1 saturated carbocycles. The van der Waals surface area contributed by atoms with Crippen molar-refractivity contribution in [2.24, 2.45) is 0 Å². The number of amides is 1. The highest BCUT2D eigenvalue weighted by Crippen LogP contribution is 2.28. The molecule has 0 heterocycles. The monoisotopic (exact) mass is 269 g/mol. The normalized spacial score (nSPS) is 17.6. The largest absolute Gasteiger partial charge is 0.388 e. The second-order valence-corrected chi connectivity index (χ2v) is 6.08. The smallest absolute Gasteiger partial charge is 0.220 e. The summed E-state index contributed by atoms with van der Waals surface area (Å²) in [5.41, 5.74) is -0.615. The third-order valence-electron chi connectivity index (χ3n) is 4.16. The van der Waals surface area contributed by atoms with Crippen molar-refractivity contribution in [2.45, 2.75) is 89.6 Å². The van der Waals surface area contributed by atoms with Crippen LogP contribution in [-0.2, 0) is 4.79 Å². The third-order valence-corrected chi connectivity index (χ3v) is 4.16. The van der Waals surface area contributed by atoms with Crippen LogP contribution in [0.4, 0.5) is 0 Å². The number of hydrogen-bond donors (Lipinski definition) is 2. The van der Waals surface area contributed by atoms with E-state index in [0.29, 0.717) is 13.0 Å². The van der Waals surface area contributed by atoms with Crippen LogP contribution < -0.4 is 5.32 Å². The molecule has 1 rings (SSSR count). The molecule has 2 N–H and O–H groups in total. The van der Waals surface area contributed by atoms with E-state index in [1.54, 1.807) is 0 Å². The van der Waals surface area contributed by atoms with E-state index in [4.69, 9.17) is 0 Å². The van der Waals surface area contributed by atoms with Crippen molar-refractivity contribution < 1.29 is 9.90 Å². The van der Waals surface area contributed by atoms with Crippen molar-refractivity contribution in [1.29, 1.82) is 0 Å². The van der Waals surface area contributed by atoms with Crippen LogP contribution in [0.1, 0.15) is 84.0 Å². The number of unbranched alkanes of at least 4 members (excludes halogenated alkanes) is 6. The van der Waals surface area contributed by atoms with Gasteiger partial charge in [-0.2, -0.15) is 0 Å². The molecule has 0 aromatic rings. The summed E-state index contributed by atoms with van der Waals surface area (Å²) < 4.78 is 0. The van der Waals surface area contributed by atoms with Gasteiger partial charge in [-0.25, -0.2) is 0 Å². The molecule has 1 fully saturated rings. The van der Waals surface area contributed by atoms with Crippen LogP contribution in [0.5, 0.6) is 0 Å². The molecule has 1 amide bonds. The van der Waals surface area contributed by atoms with Crippen LogP contribution in [0.2, 0.25) is 0 Å². The number of carbonyl (C=O) groups excluding carboxylic acids is 1. The van der Waals surface area contributed by atoms with E-state index < -0.39 is 5.60 Å². The van der Waals surface area contributed by atoms with E-state index >= 15 is 0 Å². The summed E-state index contributed by atoms with van der Waals surface area (Å²) in [6, 6.07) is 0. The van der Waals surface area contributed by atoms with Crippen molar-refractivity contribution in [2.75, 3.05) is 6.54 Å². The van der Waals surface area contributed by atoms with Crippen LogP contribution in [0.25, 0.3) is 0 Å². The lowest BCUT2D eigenvalue weighted by Gasteiger charge is -2.22. The molecule has 3 heteroatoms. The van der Waals surface area contributed by atoms with Crippen LogP contribution in [0, 0.1) is 0 Å². The van der Waals surface area contributed by atoms with Crippen molar-refractivity contribution in [3.8, 4) is 0 Å². The predicted octanol–water partition coefficient (Wildman–Crippen LogP) is 3.55. The fraction of sp³-hybridized carbons (Fsp3) is 0.938. The second kappa shape index (κ2) is 9.35. The van der Waals surface area contributed by atoms with E-state index in [2.05, 4.69) is 12.2 Å². The molecule has 1 aliphatic rings. The summed E-state index contributed by atoms with van der Waals surface area (Å²) in [7, 11) is 0. The summed E-state index contributed by atoms with van der Waals surface area (Å²) in [4.78, 5) is 11.7. The quantitative estimate of drug-likeness (QED) is 0.596. The Morgan fingerprint density at radius 3 is 2.26 bits per heavy atom. The zero-order chi connectivity index (χ0) is 14.0. The van der Waals surface area contributed by atoms with E-state index in [9.17, 15) is 9.90 Å². The minimum atomic E-state index is -0.615. The Labute approximate surface area is 118 Å². The van der Waals surface area contributed by atoms with Gasteiger partial charge in [0.05, 0.1) is 5.60 Å². The molecule has 1 aliphatic carbocycles. The highest BCUT2D eigenvalue weighted by Gasteiger charge is 2.31. The maximum absolute atomic E-state index is 11.7. The summed E-state index contributed by atoms with van der Waals surface area (Å²) in [6.45, 7) is 2.67. The lowest BCUT2D eigenvalue weighted by atomic mass is 10.0. The summed E-state index contributed by atoms with van der Waals surface area (Å²) in [5, 5.41) is 13.0. The third kappa shape index (κ3) is 7.56. The average molecular weight is 269 g/mol. The Hall–Kier alpha value is -0.570. The first-order chi connectivity index (χ1) is 9.16. The molecule has 0 radical (unpaired) electrons. The molecule has 0 atom stereocenters. The minimum Gasteiger partial charge on any atom is -0.388 e. The maximum Gasteiger partial charge on any atom is 0.220 e. The maximum atomic E-state index is 11.7. The van der Waals surface area contributed by atoms with E-state index in [1.807, 2.05) is 0 Å². The summed E-state index contributed by atoms with van der Waals surface area (Å²) in [5.74, 6) is 0.105. The fourth-order valence-corrected chi connectivity index (χ4v) is 2.80. The fourth-order valence-electron chi connectivity index (χ4n) is 2.80. The molecule has 0 aliphatic heterocycles. The molecule has 0 bridgehead atoms. The van der Waals surface area contributed by atoms with Gasteiger partial charge in [-0.3, -0.25) is 4.79 Å². The first kappa shape index (κ1) is 16.5. The molecule has 3 nitrogen and oxygen atoms in total. The highest BCUT2D eigenvalue weighted by atomic mass is 16.3. The van der Waals surface area contributed by atoms with Gasteiger partial charge >= 0.3 is 0 Å². The Morgan fingerprint density at radius 2 is 1.63 bits per heavy atom. The molecular weight excluding hydrogens is 238 g/mol. The second-order valence-electron chi connectivity index (χ2n) is 6.08. The zero-order valence-electron chi connectivity index (χ0n) is 12.5. The van der Waals surface area contributed by atoms with Gasteiger partial charge in [0.25, 0.3) is 0 Å². The number of hydrogen-bond acceptors (Lipinski definition) is 2. The Bertz CT molecular complexity index is 247. The van der Waals surface area contributed by atoms with Gasteiger partial charge in [0.15, 0.2) is 0 Å². The van der Waals surface area contributed by atoms with E-state index in [-0.39, 0.29) is 5.91 Å². The zero-order valence-corrected chi connectivity index (χ0v) is 12.5. The first-order valence-corrected chi connectivity index (χ1v) is 8.15. The van der Waals surface area contributed by atoms with Crippen molar-refractivity contribution in [3.05, 3.63) is 0 Å². The Kier molecular flexibility index (Phi) is 8.11. The van der Waals surface area contributed by atoms with Gasteiger partial charge in [0.2, 0.25) is 5.91 Å². The summed E-state index contributed by atoms with van der Waals surface area (Å²) in [6.07, 6.45) is 13.1. The number of carbonyl (C=O) groups is 1. The Morgan fingerprint density at radius 1 is 1.05 bits per heavy atom. The topological polar surface area (TPSA) is 49.3 Å². The van der Waals surface area contributed by atoms with Gasteiger partial charge in [0.1, 0.15) is 0 Å². The molecule has 0 aromatic heterocycles. The summed E-state index contributed by atoms with van der Waals surface area (Å²) >= 11 is 0. The SMILES string of the molecule is CCCCCCCCCC(=O)NCC1(O)CCCC1. The minimum absolute atomic E-state index is 0.105. The number of aliphatic hydroxyl groups is 1. The van der Waals surface area contributed by atoms with Crippen LogP contribution in [0.3, 0.4) is 0 Å². The molecule has 0 spiro atoms. The van der Waals surface area contributed by atoms with Gasteiger partial charge < -0.3 is 10.4 Å². The standard InChI is InChI=1S/C16H31NO2/c1-2-3-4-5-6-7-8-11-15(18)17-14-16(19)12-9-10-13-16/h19H,2-14H2,1H3,(H,17,18). The van der Waals surface area contributed by atoms with Crippen molar-refractivity contribution >= 4 is 5.91 Å². The lowest BCUT2D eigenvalue weighted by Crippen LogP contribution is -2.40.